The Morgan fingerprint density at radius 3 is 2.80 bits per heavy atom. The van der Waals surface area contributed by atoms with Gasteiger partial charge >= 0.3 is 0 Å². The van der Waals surface area contributed by atoms with Crippen molar-refractivity contribution >= 4 is 11.8 Å². The molecule has 2 aliphatic heterocycles. The third kappa shape index (κ3) is 3.56. The number of rotatable bonds is 5. The van der Waals surface area contributed by atoms with Crippen LogP contribution in [0.3, 0.4) is 0 Å². The molecule has 7 nitrogen and oxygen atoms in total. The van der Waals surface area contributed by atoms with E-state index in [1.54, 1.807) is 18.2 Å². The lowest BCUT2D eigenvalue weighted by molar-refractivity contribution is -0.149. The molecule has 134 valence electrons. The Bertz CT molecular complexity index is 667. The van der Waals surface area contributed by atoms with Crippen molar-refractivity contribution in [3.8, 4) is 17.2 Å². The number of benzene rings is 1. The number of piperidine rings is 1. The lowest BCUT2D eigenvalue weighted by Crippen LogP contribution is -2.48. The maximum atomic E-state index is 12.8. The van der Waals surface area contributed by atoms with Crippen LogP contribution in [0.15, 0.2) is 18.2 Å². The van der Waals surface area contributed by atoms with Gasteiger partial charge in [0.25, 0.3) is 5.91 Å². The Morgan fingerprint density at radius 1 is 1.20 bits per heavy atom. The van der Waals surface area contributed by atoms with Crippen LogP contribution in [0.4, 0.5) is 0 Å². The van der Waals surface area contributed by atoms with Crippen molar-refractivity contribution < 1.29 is 23.8 Å². The highest BCUT2D eigenvalue weighted by molar-refractivity contribution is 5.98. The van der Waals surface area contributed by atoms with Crippen LogP contribution in [0, 0.1) is 5.92 Å². The minimum absolute atomic E-state index is 0.0438. The zero-order valence-corrected chi connectivity index (χ0v) is 14.0. The zero-order valence-electron chi connectivity index (χ0n) is 14.0. The summed E-state index contributed by atoms with van der Waals surface area (Å²) in [5.74, 6) is 1.36. The molecule has 0 radical (unpaired) electrons. The van der Waals surface area contributed by atoms with Crippen LogP contribution < -0.4 is 19.5 Å². The van der Waals surface area contributed by atoms with Gasteiger partial charge in [-0.3, -0.25) is 14.5 Å². The van der Waals surface area contributed by atoms with Crippen molar-refractivity contribution in [2.75, 3.05) is 26.5 Å². The van der Waals surface area contributed by atoms with Crippen LogP contribution >= 0.6 is 0 Å². The van der Waals surface area contributed by atoms with Gasteiger partial charge in [0.2, 0.25) is 12.7 Å². The molecule has 0 bridgehead atoms. The molecule has 0 aromatic heterocycles. The lowest BCUT2D eigenvalue weighted by Gasteiger charge is -2.28. The van der Waals surface area contributed by atoms with Crippen molar-refractivity contribution in [2.45, 2.75) is 31.7 Å². The molecule has 1 aliphatic carbocycles. The summed E-state index contributed by atoms with van der Waals surface area (Å²) in [6.45, 7) is 1.63. The van der Waals surface area contributed by atoms with E-state index in [0.717, 1.165) is 32.2 Å². The summed E-state index contributed by atoms with van der Waals surface area (Å²) in [5.41, 5.74) is 0. The van der Waals surface area contributed by atoms with Crippen molar-refractivity contribution in [2.24, 2.45) is 5.92 Å². The van der Waals surface area contributed by atoms with Crippen LogP contribution in [0.25, 0.3) is 0 Å². The Morgan fingerprint density at radius 2 is 2.04 bits per heavy atom. The normalized spacial score (nSPS) is 21.7. The predicted molar refractivity (Wildman–Crippen MR) is 88.5 cm³/mol. The van der Waals surface area contributed by atoms with E-state index in [9.17, 15) is 9.59 Å². The Hall–Kier alpha value is -2.28. The number of nitrogens with zero attached hydrogens (tertiary/aromatic N) is 1. The molecule has 1 unspecified atom stereocenters. The van der Waals surface area contributed by atoms with Crippen molar-refractivity contribution in [1.82, 2.24) is 10.2 Å². The second kappa shape index (κ2) is 6.92. The topological polar surface area (TPSA) is 77.1 Å². The van der Waals surface area contributed by atoms with Gasteiger partial charge in [-0.15, -0.1) is 0 Å². The van der Waals surface area contributed by atoms with Crippen molar-refractivity contribution in [3.63, 3.8) is 0 Å². The van der Waals surface area contributed by atoms with Crippen LogP contribution in [0.5, 0.6) is 17.2 Å². The van der Waals surface area contributed by atoms with Gasteiger partial charge in [0.05, 0.1) is 5.92 Å². The fourth-order valence-electron chi connectivity index (χ4n) is 3.28. The van der Waals surface area contributed by atoms with Gasteiger partial charge in [0.1, 0.15) is 5.75 Å². The number of carbonyl (C=O) groups excluding carboxylic acids is 2. The molecule has 3 aliphatic rings. The average Bonchev–Trinajstić information content (AvgIpc) is 3.36. The van der Waals surface area contributed by atoms with Gasteiger partial charge in [-0.1, -0.05) is 0 Å². The Balaban J connectivity index is 1.38. The maximum absolute atomic E-state index is 12.8. The fraction of sp³-hybridized carbons (Fsp3) is 0.556. The van der Waals surface area contributed by atoms with E-state index in [1.807, 2.05) is 0 Å². The lowest BCUT2D eigenvalue weighted by atomic mass is 9.98. The van der Waals surface area contributed by atoms with Gasteiger partial charge in [-0.2, -0.15) is 0 Å². The Kier molecular flexibility index (Phi) is 4.48. The molecule has 1 atom stereocenters. The van der Waals surface area contributed by atoms with E-state index in [-0.39, 0.29) is 37.2 Å². The molecule has 1 saturated carbocycles. The number of imide groups is 1. The highest BCUT2D eigenvalue weighted by atomic mass is 16.7. The standard InChI is InChI=1S/C18H22N2O5/c21-17(10-23-14-5-6-15-16(8-14)25-11-24-15)20(13-3-4-13)18(22)12-2-1-7-19-9-12/h5-6,8,12-13,19H,1-4,7,9-11H2. The largest absolute Gasteiger partial charge is 0.484 e. The first-order valence-electron chi connectivity index (χ1n) is 8.81. The highest BCUT2D eigenvalue weighted by Crippen LogP contribution is 2.35. The van der Waals surface area contributed by atoms with Crippen LogP contribution in [0.1, 0.15) is 25.7 Å². The molecular weight excluding hydrogens is 324 g/mol. The highest BCUT2D eigenvalue weighted by Gasteiger charge is 2.40. The van der Waals surface area contributed by atoms with Gasteiger partial charge in [-0.05, 0) is 44.4 Å². The first-order valence-corrected chi connectivity index (χ1v) is 8.81. The van der Waals surface area contributed by atoms with Crippen LogP contribution in [-0.4, -0.2) is 49.2 Å². The molecule has 1 saturated heterocycles. The number of nitrogens with one attached hydrogen (secondary N) is 1. The minimum atomic E-state index is -0.268. The molecule has 2 amide bonds. The molecule has 2 heterocycles. The van der Waals surface area contributed by atoms with E-state index in [2.05, 4.69) is 5.32 Å². The van der Waals surface area contributed by atoms with E-state index in [0.29, 0.717) is 23.8 Å². The predicted octanol–water partition coefficient (Wildman–Crippen LogP) is 1.31. The van der Waals surface area contributed by atoms with Gasteiger partial charge < -0.3 is 19.5 Å². The smallest absolute Gasteiger partial charge is 0.267 e. The average molecular weight is 346 g/mol. The third-order valence-corrected chi connectivity index (χ3v) is 4.77. The van der Waals surface area contributed by atoms with Gasteiger partial charge in [-0.25, -0.2) is 0 Å². The molecule has 25 heavy (non-hydrogen) atoms. The summed E-state index contributed by atoms with van der Waals surface area (Å²) in [6, 6.07) is 5.22. The summed E-state index contributed by atoms with van der Waals surface area (Å²) in [6.07, 6.45) is 3.59. The van der Waals surface area contributed by atoms with Crippen molar-refractivity contribution in [1.29, 1.82) is 0 Å². The summed E-state index contributed by atoms with van der Waals surface area (Å²) in [4.78, 5) is 26.8. The number of hydrogen-bond acceptors (Lipinski definition) is 6. The fourth-order valence-corrected chi connectivity index (χ4v) is 3.28. The Labute approximate surface area is 146 Å². The number of hydrogen-bond donors (Lipinski definition) is 1. The van der Waals surface area contributed by atoms with E-state index >= 15 is 0 Å². The monoisotopic (exact) mass is 346 g/mol. The van der Waals surface area contributed by atoms with Gasteiger partial charge in [0.15, 0.2) is 18.1 Å². The van der Waals surface area contributed by atoms with E-state index < -0.39 is 0 Å². The summed E-state index contributed by atoms with van der Waals surface area (Å²) < 4.78 is 16.1. The van der Waals surface area contributed by atoms with Crippen LogP contribution in [0.2, 0.25) is 0 Å². The molecule has 7 heteroatoms. The maximum Gasteiger partial charge on any atom is 0.267 e. The zero-order chi connectivity index (χ0) is 17.2. The molecule has 1 aromatic carbocycles. The summed E-state index contributed by atoms with van der Waals surface area (Å²) >= 11 is 0. The first kappa shape index (κ1) is 16.2. The quantitative estimate of drug-likeness (QED) is 0.866. The second-order valence-electron chi connectivity index (χ2n) is 6.68. The van der Waals surface area contributed by atoms with E-state index in [4.69, 9.17) is 14.2 Å². The number of fused-ring (bicyclic) bond motifs is 1. The van der Waals surface area contributed by atoms with Gasteiger partial charge in [0, 0.05) is 18.7 Å². The van der Waals surface area contributed by atoms with Crippen molar-refractivity contribution in [3.05, 3.63) is 18.2 Å². The molecule has 0 spiro atoms. The SMILES string of the molecule is O=C(COc1ccc2c(c1)OCO2)N(C(=O)C1CCCNC1)C1CC1. The number of ether oxygens (including phenoxy) is 3. The number of carbonyl (C=O) groups is 2. The second-order valence-corrected chi connectivity index (χ2v) is 6.68. The molecule has 1 N–H and O–H groups in total. The molecule has 1 aromatic rings. The van der Waals surface area contributed by atoms with Crippen LogP contribution in [-0.2, 0) is 9.59 Å². The third-order valence-electron chi connectivity index (χ3n) is 4.77. The number of amides is 2. The summed E-state index contributed by atoms with van der Waals surface area (Å²) in [5, 5.41) is 3.23. The summed E-state index contributed by atoms with van der Waals surface area (Å²) in [7, 11) is 0. The first-order chi connectivity index (χ1) is 12.2. The molecule has 2 fully saturated rings. The molecule has 4 rings (SSSR count). The molecular formula is C18H22N2O5. The minimum Gasteiger partial charge on any atom is -0.484 e. The van der Waals surface area contributed by atoms with E-state index in [1.165, 1.54) is 4.90 Å².